The maximum atomic E-state index is 9.49. The molecule has 2 aliphatic rings. The van der Waals surface area contributed by atoms with Crippen molar-refractivity contribution in [3.8, 4) is 17.2 Å². The fourth-order valence-electron chi connectivity index (χ4n) is 3.70. The summed E-state index contributed by atoms with van der Waals surface area (Å²) in [4.78, 5) is 4.53. The largest absolute Gasteiger partial charge is 0.508 e. The first kappa shape index (κ1) is 11.0. The van der Waals surface area contributed by atoms with Crippen LogP contribution in [0.15, 0.2) is 28.8 Å². The smallest absolute Gasteiger partial charge is 0.258 e. The molecule has 1 aromatic heterocycles. The standard InChI is InChI=1S/C15H16N2O2/c18-12-3-1-2-11(8-12)15-16-14(17-19-15)13-7-9-4-5-10(13)6-9/h1-3,8-10,13,18H,4-7H2. The molecule has 1 aromatic carbocycles. The van der Waals surface area contributed by atoms with Crippen molar-refractivity contribution in [2.75, 3.05) is 0 Å². The minimum atomic E-state index is 0.220. The lowest BCUT2D eigenvalue weighted by atomic mass is 9.88. The number of benzene rings is 1. The molecule has 2 aliphatic carbocycles. The van der Waals surface area contributed by atoms with Crippen LogP contribution in [0.1, 0.15) is 37.4 Å². The summed E-state index contributed by atoms with van der Waals surface area (Å²) >= 11 is 0. The summed E-state index contributed by atoms with van der Waals surface area (Å²) in [6, 6.07) is 6.94. The highest BCUT2D eigenvalue weighted by Gasteiger charge is 2.42. The van der Waals surface area contributed by atoms with E-state index in [9.17, 15) is 5.11 Å². The van der Waals surface area contributed by atoms with Gasteiger partial charge in [0.25, 0.3) is 5.89 Å². The van der Waals surface area contributed by atoms with Crippen LogP contribution in [0.25, 0.3) is 11.5 Å². The van der Waals surface area contributed by atoms with E-state index in [-0.39, 0.29) is 5.75 Å². The summed E-state index contributed by atoms with van der Waals surface area (Å²) in [5, 5.41) is 13.6. The number of hydrogen-bond donors (Lipinski definition) is 1. The van der Waals surface area contributed by atoms with Gasteiger partial charge in [0.2, 0.25) is 0 Å². The maximum Gasteiger partial charge on any atom is 0.258 e. The molecule has 2 saturated carbocycles. The third kappa shape index (κ3) is 1.82. The third-order valence-corrected chi connectivity index (χ3v) is 4.60. The minimum Gasteiger partial charge on any atom is -0.508 e. The first-order chi connectivity index (χ1) is 9.29. The maximum absolute atomic E-state index is 9.49. The molecule has 0 amide bonds. The summed E-state index contributed by atoms with van der Waals surface area (Å²) in [6.45, 7) is 0. The molecule has 1 N–H and O–H groups in total. The molecule has 0 radical (unpaired) electrons. The minimum absolute atomic E-state index is 0.220. The molecule has 98 valence electrons. The Morgan fingerprint density at radius 2 is 2.16 bits per heavy atom. The number of aromatic hydroxyl groups is 1. The van der Waals surface area contributed by atoms with Gasteiger partial charge in [0.1, 0.15) is 5.75 Å². The van der Waals surface area contributed by atoms with Crippen molar-refractivity contribution in [1.29, 1.82) is 0 Å². The van der Waals surface area contributed by atoms with Gasteiger partial charge >= 0.3 is 0 Å². The summed E-state index contributed by atoms with van der Waals surface area (Å²) in [6.07, 6.45) is 5.23. The van der Waals surface area contributed by atoms with Crippen molar-refractivity contribution >= 4 is 0 Å². The van der Waals surface area contributed by atoms with Gasteiger partial charge in [-0.2, -0.15) is 4.98 Å². The third-order valence-electron chi connectivity index (χ3n) is 4.60. The van der Waals surface area contributed by atoms with Crippen molar-refractivity contribution in [3.05, 3.63) is 30.1 Å². The van der Waals surface area contributed by atoms with Crippen LogP contribution in [-0.2, 0) is 0 Å². The highest BCUT2D eigenvalue weighted by atomic mass is 16.5. The number of fused-ring (bicyclic) bond motifs is 2. The van der Waals surface area contributed by atoms with Crippen molar-refractivity contribution in [1.82, 2.24) is 10.1 Å². The molecule has 2 aromatic rings. The Morgan fingerprint density at radius 1 is 1.21 bits per heavy atom. The number of phenolic OH excluding ortho intramolecular Hbond substituents is 1. The van der Waals surface area contributed by atoms with E-state index in [1.54, 1.807) is 18.2 Å². The molecule has 0 saturated heterocycles. The first-order valence-electron chi connectivity index (χ1n) is 6.92. The number of hydrogen-bond acceptors (Lipinski definition) is 4. The molecule has 0 spiro atoms. The summed E-state index contributed by atoms with van der Waals surface area (Å²) in [7, 11) is 0. The zero-order chi connectivity index (χ0) is 12.8. The highest BCUT2D eigenvalue weighted by molar-refractivity contribution is 5.55. The van der Waals surface area contributed by atoms with Crippen LogP contribution in [0.2, 0.25) is 0 Å². The average Bonchev–Trinajstić information content (AvgIpc) is 3.14. The van der Waals surface area contributed by atoms with E-state index < -0.39 is 0 Å². The fraction of sp³-hybridized carbons (Fsp3) is 0.467. The van der Waals surface area contributed by atoms with Crippen molar-refractivity contribution in [2.45, 2.75) is 31.6 Å². The average molecular weight is 256 g/mol. The normalized spacial score (nSPS) is 28.9. The van der Waals surface area contributed by atoms with Gasteiger partial charge in [0.15, 0.2) is 5.82 Å². The predicted molar refractivity (Wildman–Crippen MR) is 69.6 cm³/mol. The van der Waals surface area contributed by atoms with Crippen LogP contribution >= 0.6 is 0 Å². The summed E-state index contributed by atoms with van der Waals surface area (Å²) < 4.78 is 5.35. The molecular weight excluding hydrogens is 240 g/mol. The lowest BCUT2D eigenvalue weighted by Crippen LogP contribution is -2.09. The number of aromatic nitrogens is 2. The SMILES string of the molecule is Oc1cccc(-c2nc(C3CC4CCC3C4)no2)c1. The quantitative estimate of drug-likeness (QED) is 0.895. The van der Waals surface area contributed by atoms with E-state index in [0.29, 0.717) is 11.8 Å². The van der Waals surface area contributed by atoms with E-state index in [4.69, 9.17) is 4.52 Å². The Labute approximate surface area is 111 Å². The van der Waals surface area contributed by atoms with Gasteiger partial charge in [0.05, 0.1) is 0 Å². The second-order valence-electron chi connectivity index (χ2n) is 5.79. The molecule has 0 aliphatic heterocycles. The number of nitrogens with zero attached hydrogens (tertiary/aromatic N) is 2. The zero-order valence-corrected chi connectivity index (χ0v) is 10.6. The predicted octanol–water partition coefficient (Wildman–Crippen LogP) is 3.35. The fourth-order valence-corrected chi connectivity index (χ4v) is 3.70. The van der Waals surface area contributed by atoms with Gasteiger partial charge in [-0.05, 0) is 49.3 Å². The Hall–Kier alpha value is -1.84. The Kier molecular flexibility index (Phi) is 2.37. The summed E-state index contributed by atoms with van der Waals surface area (Å²) in [5.41, 5.74) is 0.780. The van der Waals surface area contributed by atoms with E-state index in [0.717, 1.165) is 23.2 Å². The highest BCUT2D eigenvalue weighted by Crippen LogP contribution is 2.52. The Morgan fingerprint density at radius 3 is 2.89 bits per heavy atom. The molecule has 2 fully saturated rings. The second-order valence-corrected chi connectivity index (χ2v) is 5.79. The van der Waals surface area contributed by atoms with Crippen molar-refractivity contribution in [3.63, 3.8) is 0 Å². The summed E-state index contributed by atoms with van der Waals surface area (Å²) in [5.74, 6) is 3.68. The van der Waals surface area contributed by atoms with E-state index >= 15 is 0 Å². The molecule has 2 bridgehead atoms. The Balaban J connectivity index is 1.63. The van der Waals surface area contributed by atoms with Crippen LogP contribution in [-0.4, -0.2) is 15.2 Å². The van der Waals surface area contributed by atoms with Crippen LogP contribution in [0.4, 0.5) is 0 Å². The van der Waals surface area contributed by atoms with Gasteiger partial charge in [-0.3, -0.25) is 0 Å². The topological polar surface area (TPSA) is 59.2 Å². The van der Waals surface area contributed by atoms with Gasteiger partial charge in [-0.25, -0.2) is 0 Å². The molecule has 1 heterocycles. The van der Waals surface area contributed by atoms with Crippen LogP contribution < -0.4 is 0 Å². The zero-order valence-electron chi connectivity index (χ0n) is 10.6. The second kappa shape index (κ2) is 4.08. The Bertz CT molecular complexity index is 608. The monoisotopic (exact) mass is 256 g/mol. The van der Waals surface area contributed by atoms with E-state index in [2.05, 4.69) is 10.1 Å². The molecule has 3 unspecified atom stereocenters. The van der Waals surface area contributed by atoms with E-state index in [1.165, 1.54) is 25.7 Å². The lowest BCUT2D eigenvalue weighted by Gasteiger charge is -2.17. The number of phenols is 1. The molecule has 3 atom stereocenters. The number of rotatable bonds is 2. The van der Waals surface area contributed by atoms with Gasteiger partial charge < -0.3 is 9.63 Å². The van der Waals surface area contributed by atoms with Gasteiger partial charge in [0, 0.05) is 11.5 Å². The molecule has 4 rings (SSSR count). The van der Waals surface area contributed by atoms with Crippen molar-refractivity contribution in [2.24, 2.45) is 11.8 Å². The molecule has 4 heteroatoms. The molecule has 4 nitrogen and oxygen atoms in total. The van der Waals surface area contributed by atoms with Crippen LogP contribution in [0.3, 0.4) is 0 Å². The lowest BCUT2D eigenvalue weighted by molar-refractivity contribution is 0.372. The van der Waals surface area contributed by atoms with Gasteiger partial charge in [-0.1, -0.05) is 17.6 Å². The van der Waals surface area contributed by atoms with Gasteiger partial charge in [-0.15, -0.1) is 0 Å². The molecule has 19 heavy (non-hydrogen) atoms. The molecular formula is C15H16N2O2. The van der Waals surface area contributed by atoms with Crippen LogP contribution in [0.5, 0.6) is 5.75 Å². The van der Waals surface area contributed by atoms with E-state index in [1.807, 2.05) is 6.07 Å². The van der Waals surface area contributed by atoms with Crippen molar-refractivity contribution < 1.29 is 9.63 Å². The van der Waals surface area contributed by atoms with Crippen LogP contribution in [0, 0.1) is 11.8 Å². The first-order valence-corrected chi connectivity index (χ1v) is 6.92.